The number of anilines is 1. The van der Waals surface area contributed by atoms with E-state index in [2.05, 4.69) is 21.5 Å². The number of sulfone groups is 1. The maximum Gasteiger partial charge on any atom is 0.355 e. The van der Waals surface area contributed by atoms with E-state index in [1.54, 1.807) is 9.80 Å². The van der Waals surface area contributed by atoms with E-state index in [0.717, 1.165) is 23.0 Å². The third-order valence-electron chi connectivity index (χ3n) is 6.73. The molecular formula is C27H23ClF2N6O4S. The SMILES string of the molecule is C=CC(=O)N1CCN(c2nc(=O)n(-c3cccnc3S(C)(=O)=O)c3nc(-c4c(F)cccc4Cl)c(F)cc23)[C@@H](C)C1. The van der Waals surface area contributed by atoms with Crippen LogP contribution in [0.3, 0.4) is 0 Å². The van der Waals surface area contributed by atoms with Gasteiger partial charge in [-0.15, -0.1) is 0 Å². The van der Waals surface area contributed by atoms with Crippen LogP contribution in [0.2, 0.25) is 5.02 Å². The molecule has 1 atom stereocenters. The van der Waals surface area contributed by atoms with Gasteiger partial charge in [0.1, 0.15) is 17.3 Å². The normalized spacial score (nSPS) is 15.8. The lowest BCUT2D eigenvalue weighted by Gasteiger charge is -2.40. The van der Waals surface area contributed by atoms with Gasteiger partial charge in [-0.05, 0) is 43.3 Å². The average molecular weight is 601 g/mol. The zero-order chi connectivity index (χ0) is 29.6. The average Bonchev–Trinajstić information content (AvgIpc) is 2.92. The molecule has 1 fully saturated rings. The van der Waals surface area contributed by atoms with Crippen molar-refractivity contribution >= 4 is 44.2 Å². The lowest BCUT2D eigenvalue weighted by atomic mass is 10.1. The number of halogens is 3. The molecule has 41 heavy (non-hydrogen) atoms. The first kappa shape index (κ1) is 28.3. The number of benzene rings is 1. The molecule has 14 heteroatoms. The van der Waals surface area contributed by atoms with Crippen LogP contribution in [-0.4, -0.2) is 70.7 Å². The fourth-order valence-electron chi connectivity index (χ4n) is 4.88. The molecule has 4 heterocycles. The van der Waals surface area contributed by atoms with E-state index in [4.69, 9.17) is 11.6 Å². The van der Waals surface area contributed by atoms with Crippen LogP contribution in [0.1, 0.15) is 6.92 Å². The van der Waals surface area contributed by atoms with E-state index in [-0.39, 0.29) is 64.7 Å². The van der Waals surface area contributed by atoms with Crippen LogP contribution >= 0.6 is 11.6 Å². The van der Waals surface area contributed by atoms with Gasteiger partial charge in [0.05, 0.1) is 21.7 Å². The van der Waals surface area contributed by atoms with Gasteiger partial charge in [0.25, 0.3) is 0 Å². The molecule has 0 radical (unpaired) electrons. The second kappa shape index (κ2) is 10.6. The van der Waals surface area contributed by atoms with Gasteiger partial charge in [0, 0.05) is 38.1 Å². The quantitative estimate of drug-likeness (QED) is 0.320. The van der Waals surface area contributed by atoms with Crippen molar-refractivity contribution in [2.75, 3.05) is 30.8 Å². The Kier molecular flexibility index (Phi) is 7.34. The van der Waals surface area contributed by atoms with Gasteiger partial charge in [-0.2, -0.15) is 4.98 Å². The van der Waals surface area contributed by atoms with Gasteiger partial charge in [-0.3, -0.25) is 4.79 Å². The summed E-state index contributed by atoms with van der Waals surface area (Å²) in [5, 5.41) is -0.495. The Morgan fingerprint density at radius 1 is 1.15 bits per heavy atom. The number of fused-ring (bicyclic) bond motifs is 1. The topological polar surface area (TPSA) is 118 Å². The molecule has 212 valence electrons. The van der Waals surface area contributed by atoms with Gasteiger partial charge >= 0.3 is 5.69 Å². The smallest absolute Gasteiger partial charge is 0.350 e. The van der Waals surface area contributed by atoms with E-state index >= 15 is 4.39 Å². The predicted octanol–water partition coefficient (Wildman–Crippen LogP) is 3.40. The number of carbonyl (C=O) groups is 1. The lowest BCUT2D eigenvalue weighted by Crippen LogP contribution is -2.54. The summed E-state index contributed by atoms with van der Waals surface area (Å²) in [5.41, 5.74) is -2.09. The molecule has 0 unspecified atom stereocenters. The van der Waals surface area contributed by atoms with Crippen LogP contribution in [0.4, 0.5) is 14.6 Å². The van der Waals surface area contributed by atoms with E-state index in [1.165, 1.54) is 36.5 Å². The highest BCUT2D eigenvalue weighted by Crippen LogP contribution is 2.35. The number of carbonyl (C=O) groups excluding carboxylic acids is 1. The maximum atomic E-state index is 15.7. The van der Waals surface area contributed by atoms with E-state index < -0.39 is 37.9 Å². The number of piperazine rings is 1. The minimum Gasteiger partial charge on any atom is -0.350 e. The van der Waals surface area contributed by atoms with Gasteiger partial charge < -0.3 is 9.80 Å². The molecule has 1 amide bonds. The van der Waals surface area contributed by atoms with Crippen LogP contribution in [-0.2, 0) is 14.6 Å². The predicted molar refractivity (Wildman–Crippen MR) is 150 cm³/mol. The molecular weight excluding hydrogens is 578 g/mol. The number of aromatic nitrogens is 4. The van der Waals surface area contributed by atoms with Crippen molar-refractivity contribution in [2.45, 2.75) is 18.0 Å². The Balaban J connectivity index is 1.83. The fourth-order valence-corrected chi connectivity index (χ4v) is 5.92. The standard InChI is InChI=1S/C27H23ClF2N6O4S/c1-4-21(37)34-11-12-35(15(2)14-34)24-16-13-19(30)23(22-17(28)7-5-8-18(22)29)32-25(16)36(27(38)33-24)20-9-6-10-31-26(20)41(3,39)40/h4-10,13,15H,1,11-12,14H2,2-3H3/t15-/m0/s1. The van der Waals surface area contributed by atoms with Crippen molar-refractivity contribution in [1.29, 1.82) is 0 Å². The summed E-state index contributed by atoms with van der Waals surface area (Å²) in [6.07, 6.45) is 3.38. The van der Waals surface area contributed by atoms with Crippen molar-refractivity contribution in [3.8, 4) is 16.9 Å². The summed E-state index contributed by atoms with van der Waals surface area (Å²) in [6, 6.07) is 7.28. The highest BCUT2D eigenvalue weighted by molar-refractivity contribution is 7.90. The molecule has 1 aliphatic heterocycles. The van der Waals surface area contributed by atoms with E-state index in [1.807, 2.05) is 6.92 Å². The molecule has 1 aromatic carbocycles. The molecule has 5 rings (SSSR count). The van der Waals surface area contributed by atoms with Crippen LogP contribution in [0.15, 0.2) is 65.1 Å². The molecule has 0 N–H and O–H groups in total. The Bertz CT molecular complexity index is 1880. The molecule has 0 aliphatic carbocycles. The highest BCUT2D eigenvalue weighted by Gasteiger charge is 2.31. The molecule has 1 saturated heterocycles. The van der Waals surface area contributed by atoms with Crippen molar-refractivity contribution in [1.82, 2.24) is 24.4 Å². The van der Waals surface area contributed by atoms with Crippen molar-refractivity contribution in [3.05, 3.63) is 82.4 Å². The molecule has 10 nitrogen and oxygen atoms in total. The third kappa shape index (κ3) is 5.06. The molecule has 4 aromatic rings. The number of pyridine rings is 2. The van der Waals surface area contributed by atoms with Crippen LogP contribution in [0.5, 0.6) is 0 Å². The fraction of sp³-hybridized carbons (Fsp3) is 0.222. The van der Waals surface area contributed by atoms with Crippen molar-refractivity contribution in [2.24, 2.45) is 0 Å². The third-order valence-corrected chi connectivity index (χ3v) is 8.06. The monoisotopic (exact) mass is 600 g/mol. The first-order chi connectivity index (χ1) is 19.4. The number of amides is 1. The first-order valence-corrected chi connectivity index (χ1v) is 14.6. The minimum atomic E-state index is -3.94. The molecule has 0 bridgehead atoms. The Labute approximate surface area is 238 Å². The second-order valence-electron chi connectivity index (χ2n) is 9.47. The summed E-state index contributed by atoms with van der Waals surface area (Å²) in [7, 11) is -3.94. The highest BCUT2D eigenvalue weighted by atomic mass is 35.5. The number of hydrogen-bond donors (Lipinski definition) is 0. The van der Waals surface area contributed by atoms with Crippen LogP contribution in [0.25, 0.3) is 28.0 Å². The van der Waals surface area contributed by atoms with Gasteiger partial charge in [-0.25, -0.2) is 36.5 Å². The molecule has 0 spiro atoms. The Hall–Kier alpha value is -4.23. The van der Waals surface area contributed by atoms with Gasteiger partial charge in [-0.1, -0.05) is 24.2 Å². The van der Waals surface area contributed by atoms with Crippen LogP contribution in [0, 0.1) is 11.6 Å². The van der Waals surface area contributed by atoms with Crippen molar-refractivity contribution in [3.63, 3.8) is 0 Å². The zero-order valence-corrected chi connectivity index (χ0v) is 23.5. The zero-order valence-electron chi connectivity index (χ0n) is 21.9. The first-order valence-electron chi connectivity index (χ1n) is 12.3. The summed E-state index contributed by atoms with van der Waals surface area (Å²) in [4.78, 5) is 41.7. The number of rotatable bonds is 5. The summed E-state index contributed by atoms with van der Waals surface area (Å²) >= 11 is 6.22. The van der Waals surface area contributed by atoms with E-state index in [0.29, 0.717) is 0 Å². The van der Waals surface area contributed by atoms with Crippen LogP contribution < -0.4 is 10.6 Å². The molecule has 0 saturated carbocycles. The Morgan fingerprint density at radius 3 is 2.56 bits per heavy atom. The number of hydrogen-bond acceptors (Lipinski definition) is 8. The lowest BCUT2D eigenvalue weighted by molar-refractivity contribution is -0.126. The van der Waals surface area contributed by atoms with Gasteiger partial charge in [0.15, 0.2) is 26.3 Å². The maximum absolute atomic E-state index is 15.7. The molecule has 1 aliphatic rings. The van der Waals surface area contributed by atoms with Gasteiger partial charge in [0.2, 0.25) is 5.91 Å². The second-order valence-corrected chi connectivity index (χ2v) is 11.8. The van der Waals surface area contributed by atoms with E-state index in [9.17, 15) is 22.4 Å². The number of nitrogens with zero attached hydrogens (tertiary/aromatic N) is 6. The summed E-state index contributed by atoms with van der Waals surface area (Å²) < 4.78 is 56.7. The summed E-state index contributed by atoms with van der Waals surface area (Å²) in [6.45, 7) is 6.12. The summed E-state index contributed by atoms with van der Waals surface area (Å²) in [5.74, 6) is -1.97. The minimum absolute atomic E-state index is 0.0527. The molecule has 3 aromatic heterocycles. The Morgan fingerprint density at radius 2 is 1.90 bits per heavy atom. The largest absolute Gasteiger partial charge is 0.355 e. The van der Waals surface area contributed by atoms with Crippen molar-refractivity contribution < 1.29 is 22.0 Å².